The van der Waals surface area contributed by atoms with Crippen molar-refractivity contribution < 1.29 is 19.1 Å². The van der Waals surface area contributed by atoms with E-state index in [0.717, 1.165) is 87.2 Å². The SMILES string of the molecule is COC(=O)CCC1=C(C)c2cc3[nH]c(cc4[nH]c(cc5nc(cc1n2)C(C)=C5CCC(=O)OC)c(C)c4Br)c(C)c3Br. The molecule has 8 nitrogen and oxygen atoms in total. The Balaban J connectivity index is 1.85. The Morgan fingerprint density at radius 3 is 1.55 bits per heavy atom. The van der Waals surface area contributed by atoms with E-state index in [1.54, 1.807) is 0 Å². The molecule has 0 saturated heterocycles. The maximum Gasteiger partial charge on any atom is 0.305 e. The van der Waals surface area contributed by atoms with Crippen LogP contribution in [0.25, 0.3) is 44.4 Å². The molecule has 3 aromatic heterocycles. The summed E-state index contributed by atoms with van der Waals surface area (Å²) in [7, 11) is 2.80. The highest BCUT2D eigenvalue weighted by molar-refractivity contribution is 9.11. The van der Waals surface area contributed by atoms with Crippen LogP contribution in [-0.4, -0.2) is 46.1 Å². The highest BCUT2D eigenvalue weighted by atomic mass is 79.9. The summed E-state index contributed by atoms with van der Waals surface area (Å²) in [6.45, 7) is 8.16. The van der Waals surface area contributed by atoms with Crippen LogP contribution < -0.4 is 0 Å². The number of esters is 2. The third kappa shape index (κ3) is 5.62. The summed E-state index contributed by atoms with van der Waals surface area (Å²) >= 11 is 7.56. The summed E-state index contributed by atoms with van der Waals surface area (Å²) in [6.07, 6.45) is 1.47. The first-order valence-electron chi connectivity index (χ1n) is 13.6. The number of aromatic amines is 2. The number of allylic oxidation sites excluding steroid dienone is 4. The minimum atomic E-state index is -0.273. The van der Waals surface area contributed by atoms with Crippen LogP contribution in [0.1, 0.15) is 73.4 Å². The molecule has 0 spiro atoms. The molecule has 5 rings (SSSR count). The molecule has 0 unspecified atom stereocenters. The molecular weight excluding hydrogens is 664 g/mol. The number of hydrogen-bond acceptors (Lipinski definition) is 6. The van der Waals surface area contributed by atoms with Gasteiger partial charge < -0.3 is 19.4 Å². The van der Waals surface area contributed by atoms with Crippen molar-refractivity contribution in [3.05, 3.63) is 67.1 Å². The lowest BCUT2D eigenvalue weighted by Crippen LogP contribution is -2.00. The second-order valence-electron chi connectivity index (χ2n) is 10.5. The molecule has 0 saturated carbocycles. The van der Waals surface area contributed by atoms with Gasteiger partial charge in [-0.25, -0.2) is 9.97 Å². The van der Waals surface area contributed by atoms with Crippen LogP contribution in [0.4, 0.5) is 0 Å². The van der Waals surface area contributed by atoms with Crippen LogP contribution in [0, 0.1) is 13.8 Å². The zero-order valence-electron chi connectivity index (χ0n) is 24.4. The maximum atomic E-state index is 12.1. The van der Waals surface area contributed by atoms with Crippen molar-refractivity contribution in [2.75, 3.05) is 14.2 Å². The largest absolute Gasteiger partial charge is 0.469 e. The average Bonchev–Trinajstić information content (AvgIpc) is 3.61. The van der Waals surface area contributed by atoms with E-state index in [1.165, 1.54) is 14.2 Å². The zero-order valence-corrected chi connectivity index (χ0v) is 27.6. The Morgan fingerprint density at radius 1 is 0.643 bits per heavy atom. The number of aryl methyl sites for hydroxylation is 2. The topological polar surface area (TPSA) is 110 Å². The smallest absolute Gasteiger partial charge is 0.305 e. The monoisotopic (exact) mass is 694 g/mol. The first-order chi connectivity index (χ1) is 20.0. The summed E-state index contributed by atoms with van der Waals surface area (Å²) < 4.78 is 11.8. The number of carbonyl (C=O) groups is 2. The van der Waals surface area contributed by atoms with E-state index in [-0.39, 0.29) is 24.8 Å². The highest BCUT2D eigenvalue weighted by Crippen LogP contribution is 2.38. The fourth-order valence-electron chi connectivity index (χ4n) is 5.33. The van der Waals surface area contributed by atoms with Crippen molar-refractivity contribution in [3.63, 3.8) is 0 Å². The maximum absolute atomic E-state index is 12.1. The average molecular weight is 696 g/mol. The van der Waals surface area contributed by atoms with E-state index in [9.17, 15) is 9.59 Å². The normalized spacial score (nSPS) is 13.1. The molecular formula is C32H32Br2N4O4. The van der Waals surface area contributed by atoms with Gasteiger partial charge in [-0.1, -0.05) is 0 Å². The number of methoxy groups -OCH3 is 2. The van der Waals surface area contributed by atoms with E-state index in [4.69, 9.17) is 19.4 Å². The quantitative estimate of drug-likeness (QED) is 0.252. The molecule has 0 fully saturated rings. The van der Waals surface area contributed by atoms with Crippen LogP contribution in [0.3, 0.4) is 0 Å². The van der Waals surface area contributed by atoms with Crippen LogP contribution in [0.5, 0.6) is 0 Å². The number of fused-ring (bicyclic) bond motifs is 8. The van der Waals surface area contributed by atoms with Crippen molar-refractivity contribution in [1.82, 2.24) is 19.9 Å². The van der Waals surface area contributed by atoms with Gasteiger partial charge in [0.1, 0.15) is 0 Å². The number of aromatic nitrogens is 4. The predicted octanol–water partition coefficient (Wildman–Crippen LogP) is 8.22. The number of rotatable bonds is 6. The van der Waals surface area contributed by atoms with E-state index >= 15 is 0 Å². The number of hydrogen-bond donors (Lipinski definition) is 2. The standard InChI is InChI=1S/C32H32Br2N4O4/c1-15-19(7-9-29(39)41-5)26-12-23-17(3)31(33)28(37-23)14-24-18(4)32(34)27(38-24)13-22-16(2)20(8-10-30(40)42-6)25(36-22)11-21(15)35-26/h11-14,37-38H,7-10H2,1-6H3. The molecule has 0 aliphatic carbocycles. The lowest BCUT2D eigenvalue weighted by molar-refractivity contribution is -0.141. The van der Waals surface area contributed by atoms with Gasteiger partial charge in [0.15, 0.2) is 0 Å². The molecule has 8 bridgehead atoms. The molecule has 3 aromatic rings. The third-order valence-electron chi connectivity index (χ3n) is 7.99. The molecule has 42 heavy (non-hydrogen) atoms. The fourth-order valence-corrected chi connectivity index (χ4v) is 6.18. The van der Waals surface area contributed by atoms with E-state index < -0.39 is 0 Å². The van der Waals surface area contributed by atoms with E-state index in [2.05, 4.69) is 61.7 Å². The number of H-pyrrole nitrogens is 2. The Morgan fingerprint density at radius 2 is 1.05 bits per heavy atom. The minimum absolute atomic E-state index is 0.244. The van der Waals surface area contributed by atoms with E-state index in [0.29, 0.717) is 12.8 Å². The Hall–Kier alpha value is -3.50. The second kappa shape index (κ2) is 12.0. The van der Waals surface area contributed by atoms with Gasteiger partial charge in [0.2, 0.25) is 0 Å². The molecule has 0 radical (unpaired) electrons. The molecule has 2 N–H and O–H groups in total. The molecule has 218 valence electrons. The molecule has 2 aliphatic heterocycles. The summed E-state index contributed by atoms with van der Waals surface area (Å²) in [5, 5.41) is 0. The van der Waals surface area contributed by atoms with Gasteiger partial charge in [0.05, 0.1) is 48.0 Å². The van der Waals surface area contributed by atoms with Gasteiger partial charge in [-0.15, -0.1) is 0 Å². The molecule has 0 atom stereocenters. The first-order valence-corrected chi connectivity index (χ1v) is 15.2. The van der Waals surface area contributed by atoms with Crippen molar-refractivity contribution >= 4 is 88.2 Å². The van der Waals surface area contributed by atoms with Crippen LogP contribution >= 0.6 is 31.9 Å². The van der Waals surface area contributed by atoms with Crippen molar-refractivity contribution in [1.29, 1.82) is 0 Å². The fraction of sp³-hybridized carbons (Fsp3) is 0.312. The van der Waals surface area contributed by atoms with Crippen molar-refractivity contribution in [2.45, 2.75) is 53.4 Å². The Labute approximate surface area is 260 Å². The molecule has 0 aromatic carbocycles. The molecule has 10 heteroatoms. The van der Waals surface area contributed by atoms with Crippen LogP contribution in [0.2, 0.25) is 0 Å². The van der Waals surface area contributed by atoms with Crippen molar-refractivity contribution in [2.24, 2.45) is 0 Å². The summed E-state index contributed by atoms with van der Waals surface area (Å²) in [6, 6.07) is 8.12. The summed E-state index contributed by atoms with van der Waals surface area (Å²) in [4.78, 5) is 41.3. The first kappa shape index (κ1) is 30.0. The highest BCUT2D eigenvalue weighted by Gasteiger charge is 2.22. The summed E-state index contributed by atoms with van der Waals surface area (Å²) in [5.41, 5.74) is 12.9. The predicted molar refractivity (Wildman–Crippen MR) is 173 cm³/mol. The van der Waals surface area contributed by atoms with Gasteiger partial charge in [-0.3, -0.25) is 9.59 Å². The van der Waals surface area contributed by atoms with Crippen molar-refractivity contribution in [3.8, 4) is 0 Å². The van der Waals surface area contributed by atoms with Gasteiger partial charge in [-0.05, 0) is 130 Å². The number of nitrogens with zero attached hydrogens (tertiary/aromatic N) is 2. The number of carbonyl (C=O) groups excluding carboxylic acids is 2. The lowest BCUT2D eigenvalue weighted by Gasteiger charge is -2.05. The molecule has 0 amide bonds. The number of nitrogens with one attached hydrogen (secondary N) is 2. The van der Waals surface area contributed by atoms with Gasteiger partial charge in [-0.2, -0.15) is 0 Å². The molecule has 5 heterocycles. The van der Waals surface area contributed by atoms with Gasteiger partial charge in [0, 0.05) is 32.8 Å². The Kier molecular flexibility index (Phi) is 8.57. The Bertz CT molecular complexity index is 1860. The second-order valence-corrected chi connectivity index (χ2v) is 12.1. The van der Waals surface area contributed by atoms with Gasteiger partial charge in [0.25, 0.3) is 0 Å². The number of ether oxygens (including phenoxy) is 2. The van der Waals surface area contributed by atoms with Gasteiger partial charge >= 0.3 is 11.9 Å². The molecule has 2 aliphatic rings. The van der Waals surface area contributed by atoms with Crippen LogP contribution in [0.15, 0.2) is 33.2 Å². The zero-order chi connectivity index (χ0) is 30.3. The lowest BCUT2D eigenvalue weighted by atomic mass is 9.99. The van der Waals surface area contributed by atoms with Crippen LogP contribution in [-0.2, 0) is 19.1 Å². The minimum Gasteiger partial charge on any atom is -0.469 e. The van der Waals surface area contributed by atoms with E-state index in [1.807, 2.05) is 32.0 Å². The summed E-state index contributed by atoms with van der Waals surface area (Å²) in [5.74, 6) is -0.545. The number of halogens is 2. The third-order valence-corrected chi connectivity index (χ3v) is 10.0.